The predicted octanol–water partition coefficient (Wildman–Crippen LogP) is 4.36. The quantitative estimate of drug-likeness (QED) is 0.589. The number of ketones is 1. The van der Waals surface area contributed by atoms with E-state index in [1.165, 1.54) is 6.92 Å². The van der Waals surface area contributed by atoms with Gasteiger partial charge in [-0.3, -0.25) is 14.4 Å². The van der Waals surface area contributed by atoms with Crippen LogP contribution in [-0.4, -0.2) is 17.6 Å². The molecule has 0 atom stereocenters. The molecule has 5 heteroatoms. The van der Waals surface area contributed by atoms with E-state index in [-0.39, 0.29) is 11.7 Å². The smallest absolute Gasteiger partial charge is 0.239 e. The standard InChI is InChI=1S/C22H26N2O3/c1-6-16-10-7-9-14(2)19(16)24-21(27)22(4,5)20(26)23-18-12-8-11-17(13-18)15(3)25/h7-13H,6H2,1-5H3,(H,23,26)(H,24,27). The molecule has 27 heavy (non-hydrogen) atoms. The summed E-state index contributed by atoms with van der Waals surface area (Å²) in [6.07, 6.45) is 0.780. The molecule has 0 saturated heterocycles. The molecule has 0 fully saturated rings. The van der Waals surface area contributed by atoms with E-state index in [0.717, 1.165) is 23.2 Å². The number of aryl methyl sites for hydroxylation is 2. The first-order chi connectivity index (χ1) is 12.7. The molecule has 2 aromatic carbocycles. The minimum absolute atomic E-state index is 0.0882. The summed E-state index contributed by atoms with van der Waals surface area (Å²) in [4.78, 5) is 37.1. The summed E-state index contributed by atoms with van der Waals surface area (Å²) in [6, 6.07) is 12.5. The van der Waals surface area contributed by atoms with Crippen LogP contribution in [0.5, 0.6) is 0 Å². The van der Waals surface area contributed by atoms with E-state index >= 15 is 0 Å². The minimum Gasteiger partial charge on any atom is -0.325 e. The van der Waals surface area contributed by atoms with Crippen molar-refractivity contribution < 1.29 is 14.4 Å². The Morgan fingerprint density at radius 1 is 0.963 bits per heavy atom. The van der Waals surface area contributed by atoms with Gasteiger partial charge in [0.2, 0.25) is 11.8 Å². The van der Waals surface area contributed by atoms with Crippen LogP contribution in [0.3, 0.4) is 0 Å². The molecule has 0 saturated carbocycles. The Morgan fingerprint density at radius 3 is 2.22 bits per heavy atom. The van der Waals surface area contributed by atoms with E-state index in [1.54, 1.807) is 38.1 Å². The molecular weight excluding hydrogens is 340 g/mol. The lowest BCUT2D eigenvalue weighted by Gasteiger charge is -2.24. The number of anilines is 2. The van der Waals surface area contributed by atoms with Crippen molar-refractivity contribution in [1.29, 1.82) is 0 Å². The van der Waals surface area contributed by atoms with Gasteiger partial charge in [-0.1, -0.05) is 37.3 Å². The third-order valence-corrected chi connectivity index (χ3v) is 4.64. The van der Waals surface area contributed by atoms with Crippen molar-refractivity contribution in [1.82, 2.24) is 0 Å². The van der Waals surface area contributed by atoms with Crippen LogP contribution in [0.2, 0.25) is 0 Å². The van der Waals surface area contributed by atoms with Crippen molar-refractivity contribution in [2.45, 2.75) is 41.0 Å². The molecule has 2 amide bonds. The number of nitrogens with one attached hydrogen (secondary N) is 2. The second-order valence-corrected chi connectivity index (χ2v) is 7.13. The first kappa shape index (κ1) is 20.4. The van der Waals surface area contributed by atoms with E-state index in [2.05, 4.69) is 10.6 Å². The number of carbonyl (C=O) groups excluding carboxylic acids is 3. The summed E-state index contributed by atoms with van der Waals surface area (Å²) < 4.78 is 0. The van der Waals surface area contributed by atoms with Gasteiger partial charge in [0.1, 0.15) is 5.41 Å². The maximum Gasteiger partial charge on any atom is 0.239 e. The summed E-state index contributed by atoms with van der Waals surface area (Å²) in [5.74, 6) is -0.909. The highest BCUT2D eigenvalue weighted by atomic mass is 16.2. The SMILES string of the molecule is CCc1cccc(C)c1NC(=O)C(C)(C)C(=O)Nc1cccc(C(C)=O)c1. The molecule has 2 aromatic rings. The number of rotatable bonds is 6. The second kappa shape index (κ2) is 8.16. The van der Waals surface area contributed by atoms with Crippen LogP contribution in [0.25, 0.3) is 0 Å². The van der Waals surface area contributed by atoms with E-state index in [4.69, 9.17) is 0 Å². The van der Waals surface area contributed by atoms with Crippen molar-refractivity contribution in [2.75, 3.05) is 10.6 Å². The average Bonchev–Trinajstić information content (AvgIpc) is 2.63. The van der Waals surface area contributed by atoms with Gasteiger partial charge in [-0.25, -0.2) is 0 Å². The average molecular weight is 366 g/mol. The number of carbonyl (C=O) groups is 3. The van der Waals surface area contributed by atoms with Crippen molar-refractivity contribution in [2.24, 2.45) is 5.41 Å². The predicted molar refractivity (Wildman–Crippen MR) is 108 cm³/mol. The van der Waals surface area contributed by atoms with E-state index < -0.39 is 11.3 Å². The van der Waals surface area contributed by atoms with E-state index in [1.807, 2.05) is 32.0 Å². The Labute approximate surface area is 160 Å². The molecule has 2 rings (SSSR count). The molecule has 0 aliphatic heterocycles. The number of hydrogen-bond donors (Lipinski definition) is 2. The number of benzene rings is 2. The normalized spacial score (nSPS) is 11.0. The maximum absolute atomic E-state index is 12.8. The van der Waals surface area contributed by atoms with Gasteiger partial charge in [-0.15, -0.1) is 0 Å². The Bertz CT molecular complexity index is 885. The lowest BCUT2D eigenvalue weighted by atomic mass is 9.90. The van der Waals surface area contributed by atoms with Crippen LogP contribution in [0.4, 0.5) is 11.4 Å². The van der Waals surface area contributed by atoms with Crippen LogP contribution >= 0.6 is 0 Å². The van der Waals surface area contributed by atoms with Gasteiger partial charge in [-0.2, -0.15) is 0 Å². The van der Waals surface area contributed by atoms with Gasteiger partial charge in [0.15, 0.2) is 5.78 Å². The van der Waals surface area contributed by atoms with Crippen LogP contribution in [0, 0.1) is 12.3 Å². The third kappa shape index (κ3) is 4.61. The second-order valence-electron chi connectivity index (χ2n) is 7.13. The van der Waals surface area contributed by atoms with Crippen molar-refractivity contribution in [3.05, 3.63) is 59.2 Å². The van der Waals surface area contributed by atoms with Gasteiger partial charge in [0.05, 0.1) is 0 Å². The monoisotopic (exact) mass is 366 g/mol. The van der Waals surface area contributed by atoms with Gasteiger partial charge in [0.25, 0.3) is 0 Å². The molecular formula is C22H26N2O3. The summed E-state index contributed by atoms with van der Waals surface area (Å²) in [7, 11) is 0. The van der Waals surface area contributed by atoms with E-state index in [0.29, 0.717) is 11.3 Å². The van der Waals surface area contributed by atoms with Crippen molar-refractivity contribution in [3.63, 3.8) is 0 Å². The molecule has 0 bridgehead atoms. The number of amides is 2. The highest BCUT2D eigenvalue weighted by Gasteiger charge is 2.36. The van der Waals surface area contributed by atoms with Gasteiger partial charge >= 0.3 is 0 Å². The van der Waals surface area contributed by atoms with Crippen molar-refractivity contribution >= 4 is 29.0 Å². The molecule has 0 unspecified atom stereocenters. The lowest BCUT2D eigenvalue weighted by molar-refractivity contribution is -0.135. The molecule has 0 radical (unpaired) electrons. The Morgan fingerprint density at radius 2 is 1.59 bits per heavy atom. The molecule has 142 valence electrons. The Hall–Kier alpha value is -2.95. The van der Waals surface area contributed by atoms with Crippen LogP contribution < -0.4 is 10.6 Å². The Kier molecular flexibility index (Phi) is 6.16. The molecule has 5 nitrogen and oxygen atoms in total. The fourth-order valence-electron chi connectivity index (χ4n) is 2.68. The summed E-state index contributed by atoms with van der Waals surface area (Å²) in [6.45, 7) is 8.57. The topological polar surface area (TPSA) is 75.3 Å². The number of hydrogen-bond acceptors (Lipinski definition) is 3. The molecule has 0 aliphatic carbocycles. The molecule has 0 aromatic heterocycles. The number of Topliss-reactive ketones (excluding diaryl/α,β-unsaturated/α-hetero) is 1. The van der Waals surface area contributed by atoms with Crippen LogP contribution in [-0.2, 0) is 16.0 Å². The summed E-state index contributed by atoms with van der Waals surface area (Å²) in [5, 5.41) is 5.65. The van der Waals surface area contributed by atoms with Gasteiger partial charge < -0.3 is 10.6 Å². The van der Waals surface area contributed by atoms with Crippen molar-refractivity contribution in [3.8, 4) is 0 Å². The molecule has 0 aliphatic rings. The molecule has 2 N–H and O–H groups in total. The number of para-hydroxylation sites is 1. The fourth-order valence-corrected chi connectivity index (χ4v) is 2.68. The fraction of sp³-hybridized carbons (Fsp3) is 0.318. The molecule has 0 spiro atoms. The van der Waals surface area contributed by atoms with E-state index in [9.17, 15) is 14.4 Å². The summed E-state index contributed by atoms with van der Waals surface area (Å²) >= 11 is 0. The van der Waals surface area contributed by atoms with Gasteiger partial charge in [0, 0.05) is 16.9 Å². The lowest BCUT2D eigenvalue weighted by Crippen LogP contribution is -2.41. The first-order valence-corrected chi connectivity index (χ1v) is 8.99. The minimum atomic E-state index is -1.29. The summed E-state index contributed by atoms with van der Waals surface area (Å²) in [5.41, 5.74) is 2.42. The zero-order valence-corrected chi connectivity index (χ0v) is 16.5. The maximum atomic E-state index is 12.8. The third-order valence-electron chi connectivity index (χ3n) is 4.64. The molecule has 0 heterocycles. The highest BCUT2D eigenvalue weighted by molar-refractivity contribution is 6.14. The highest BCUT2D eigenvalue weighted by Crippen LogP contribution is 2.26. The largest absolute Gasteiger partial charge is 0.325 e. The first-order valence-electron chi connectivity index (χ1n) is 8.99. The zero-order valence-electron chi connectivity index (χ0n) is 16.5. The Balaban J connectivity index is 2.19. The van der Waals surface area contributed by atoms with Crippen LogP contribution in [0.15, 0.2) is 42.5 Å². The van der Waals surface area contributed by atoms with Crippen LogP contribution in [0.1, 0.15) is 49.2 Å². The van der Waals surface area contributed by atoms with Gasteiger partial charge in [-0.05, 0) is 57.4 Å². The zero-order chi connectivity index (χ0) is 20.2.